The van der Waals surface area contributed by atoms with Crippen LogP contribution in [0.25, 0.3) is 11.3 Å². The van der Waals surface area contributed by atoms with E-state index in [1.807, 2.05) is 6.07 Å². The molecular formula is C19H25N7O2. The predicted molar refractivity (Wildman–Crippen MR) is 105 cm³/mol. The van der Waals surface area contributed by atoms with Gasteiger partial charge in [0, 0.05) is 37.1 Å². The van der Waals surface area contributed by atoms with Gasteiger partial charge in [-0.05, 0) is 20.3 Å². The molecule has 0 radical (unpaired) electrons. The maximum absolute atomic E-state index is 5.79. The quantitative estimate of drug-likeness (QED) is 0.835. The molecule has 2 aromatic heterocycles. The summed E-state index contributed by atoms with van der Waals surface area (Å²) < 4.78 is 11.5. The third-order valence-corrected chi connectivity index (χ3v) is 5.73. The lowest BCUT2D eigenvalue weighted by atomic mass is 10.2. The molecule has 9 heteroatoms. The maximum Gasteiger partial charge on any atom is 0.228 e. The Hall–Kier alpha value is -2.52. The maximum atomic E-state index is 5.79. The van der Waals surface area contributed by atoms with Crippen LogP contribution in [0.2, 0.25) is 0 Å². The summed E-state index contributed by atoms with van der Waals surface area (Å²) in [4.78, 5) is 22.6. The minimum Gasteiger partial charge on any atom is -0.375 e. The molecule has 3 fully saturated rings. The number of nitrogen functional groups attached to an aromatic ring is 1. The number of ether oxygens (including phenoxy) is 2. The number of morpholine rings is 2. The molecule has 0 aromatic carbocycles. The summed E-state index contributed by atoms with van der Waals surface area (Å²) in [5.74, 6) is 1.90. The molecule has 0 amide bonds. The first kappa shape index (κ1) is 17.6. The number of nitrogens with zero attached hydrogens (tertiary/aromatic N) is 6. The van der Waals surface area contributed by atoms with E-state index in [1.165, 1.54) is 0 Å². The summed E-state index contributed by atoms with van der Waals surface area (Å²) in [6, 6.07) is 2.60. The largest absolute Gasteiger partial charge is 0.375 e. The Kier molecular flexibility index (Phi) is 4.28. The summed E-state index contributed by atoms with van der Waals surface area (Å²) in [6.45, 7) is 7.30. The SMILES string of the molecule is C[C@H]1CN(c2cc(-c3cnc(N)nc3)nc(N3C[C@@H]4C[C@H]3CO4)n2)[C@@H](C)CO1. The molecule has 148 valence electrons. The van der Waals surface area contributed by atoms with E-state index >= 15 is 0 Å². The lowest BCUT2D eigenvalue weighted by molar-refractivity contribution is 0.0340. The first-order valence-corrected chi connectivity index (χ1v) is 9.80. The van der Waals surface area contributed by atoms with Gasteiger partial charge in [0.05, 0.1) is 43.2 Å². The van der Waals surface area contributed by atoms with E-state index in [0.29, 0.717) is 12.6 Å². The molecule has 3 saturated heterocycles. The summed E-state index contributed by atoms with van der Waals surface area (Å²) in [7, 11) is 0. The molecule has 2 bridgehead atoms. The van der Waals surface area contributed by atoms with Gasteiger partial charge in [-0.15, -0.1) is 0 Å². The molecule has 4 atom stereocenters. The fraction of sp³-hybridized carbons (Fsp3) is 0.579. The summed E-state index contributed by atoms with van der Waals surface area (Å²) in [5, 5.41) is 0. The molecule has 3 aliphatic rings. The topological polar surface area (TPSA) is 103 Å². The third-order valence-electron chi connectivity index (χ3n) is 5.73. The molecule has 9 nitrogen and oxygen atoms in total. The number of rotatable bonds is 3. The minimum absolute atomic E-state index is 0.161. The number of hydrogen-bond acceptors (Lipinski definition) is 9. The van der Waals surface area contributed by atoms with Crippen LogP contribution >= 0.6 is 0 Å². The standard InChI is InChI=1S/C19H25N7O2/c1-11-9-27-12(2)7-25(11)17-4-16(13-5-21-18(20)22-6-13)23-19(24-17)26-8-15-3-14(26)10-28-15/h4-6,11-12,14-15H,3,7-10H2,1-2H3,(H2,20,21,22)/t11-,12-,14-,15-/m0/s1. The van der Waals surface area contributed by atoms with Crippen molar-refractivity contribution in [1.82, 2.24) is 19.9 Å². The number of anilines is 3. The fourth-order valence-electron chi connectivity index (χ4n) is 4.18. The Morgan fingerprint density at radius 2 is 1.86 bits per heavy atom. The molecule has 0 unspecified atom stereocenters. The van der Waals surface area contributed by atoms with Crippen molar-refractivity contribution in [2.45, 2.75) is 44.6 Å². The zero-order valence-electron chi connectivity index (χ0n) is 16.2. The average molecular weight is 383 g/mol. The van der Waals surface area contributed by atoms with Gasteiger partial charge in [-0.25, -0.2) is 15.0 Å². The van der Waals surface area contributed by atoms with Gasteiger partial charge in [-0.1, -0.05) is 0 Å². The number of aromatic nitrogens is 4. The zero-order valence-corrected chi connectivity index (χ0v) is 16.2. The third kappa shape index (κ3) is 3.14. The van der Waals surface area contributed by atoms with Gasteiger partial charge in [0.15, 0.2) is 0 Å². The van der Waals surface area contributed by atoms with Crippen molar-refractivity contribution in [3.63, 3.8) is 0 Å². The molecular weight excluding hydrogens is 358 g/mol. The molecule has 2 aromatic rings. The van der Waals surface area contributed by atoms with Crippen LogP contribution in [-0.2, 0) is 9.47 Å². The normalized spacial score (nSPS) is 29.5. The first-order chi connectivity index (χ1) is 13.6. The Morgan fingerprint density at radius 3 is 2.57 bits per heavy atom. The molecule has 28 heavy (non-hydrogen) atoms. The van der Waals surface area contributed by atoms with Crippen LogP contribution in [0.4, 0.5) is 17.7 Å². The van der Waals surface area contributed by atoms with Gasteiger partial charge in [0.25, 0.3) is 0 Å². The van der Waals surface area contributed by atoms with E-state index in [9.17, 15) is 0 Å². The van der Waals surface area contributed by atoms with Gasteiger partial charge in [0.2, 0.25) is 11.9 Å². The Balaban J connectivity index is 1.56. The van der Waals surface area contributed by atoms with Crippen molar-refractivity contribution in [3.05, 3.63) is 18.5 Å². The molecule has 5 rings (SSSR count). The van der Waals surface area contributed by atoms with Crippen molar-refractivity contribution in [1.29, 1.82) is 0 Å². The molecule has 0 saturated carbocycles. The molecule has 0 spiro atoms. The average Bonchev–Trinajstić information content (AvgIpc) is 3.34. The number of fused-ring (bicyclic) bond motifs is 2. The van der Waals surface area contributed by atoms with E-state index in [2.05, 4.69) is 33.6 Å². The van der Waals surface area contributed by atoms with E-state index in [4.69, 9.17) is 25.2 Å². The molecule has 0 aliphatic carbocycles. The van der Waals surface area contributed by atoms with Gasteiger partial charge >= 0.3 is 0 Å². The minimum atomic E-state index is 0.161. The highest BCUT2D eigenvalue weighted by Gasteiger charge is 2.40. The second-order valence-electron chi connectivity index (χ2n) is 7.88. The highest BCUT2D eigenvalue weighted by atomic mass is 16.5. The van der Waals surface area contributed by atoms with Crippen molar-refractivity contribution in [3.8, 4) is 11.3 Å². The fourth-order valence-corrected chi connectivity index (χ4v) is 4.18. The number of nitrogens with two attached hydrogens (primary N) is 1. The number of hydrogen-bond donors (Lipinski definition) is 1. The lowest BCUT2D eigenvalue weighted by Crippen LogP contribution is -2.48. The van der Waals surface area contributed by atoms with E-state index in [1.54, 1.807) is 12.4 Å². The van der Waals surface area contributed by atoms with Gasteiger partial charge in [0.1, 0.15) is 5.82 Å². The molecule has 5 heterocycles. The predicted octanol–water partition coefficient (Wildman–Crippen LogP) is 1.11. The van der Waals surface area contributed by atoms with Crippen LogP contribution in [0.5, 0.6) is 0 Å². The van der Waals surface area contributed by atoms with Crippen LogP contribution in [0, 0.1) is 0 Å². The van der Waals surface area contributed by atoms with Crippen molar-refractivity contribution in [2.24, 2.45) is 0 Å². The summed E-state index contributed by atoms with van der Waals surface area (Å²) >= 11 is 0. The Morgan fingerprint density at radius 1 is 1.04 bits per heavy atom. The first-order valence-electron chi connectivity index (χ1n) is 9.80. The Labute approximate surface area is 163 Å². The monoisotopic (exact) mass is 383 g/mol. The smallest absolute Gasteiger partial charge is 0.228 e. The highest BCUT2D eigenvalue weighted by Crippen LogP contribution is 2.34. The zero-order chi connectivity index (χ0) is 19.3. The van der Waals surface area contributed by atoms with Gasteiger partial charge in [-0.3, -0.25) is 0 Å². The van der Waals surface area contributed by atoms with Crippen LogP contribution < -0.4 is 15.5 Å². The van der Waals surface area contributed by atoms with Crippen molar-refractivity contribution in [2.75, 3.05) is 41.8 Å². The van der Waals surface area contributed by atoms with Crippen LogP contribution in [0.1, 0.15) is 20.3 Å². The summed E-state index contributed by atoms with van der Waals surface area (Å²) in [5.41, 5.74) is 7.28. The van der Waals surface area contributed by atoms with Crippen LogP contribution in [0.15, 0.2) is 18.5 Å². The second kappa shape index (κ2) is 6.82. The summed E-state index contributed by atoms with van der Waals surface area (Å²) in [6.07, 6.45) is 4.90. The van der Waals surface area contributed by atoms with E-state index < -0.39 is 0 Å². The second-order valence-corrected chi connectivity index (χ2v) is 7.88. The molecule has 3 aliphatic heterocycles. The molecule has 2 N–H and O–H groups in total. The van der Waals surface area contributed by atoms with Crippen molar-refractivity contribution >= 4 is 17.7 Å². The highest BCUT2D eigenvalue weighted by molar-refractivity contribution is 5.64. The van der Waals surface area contributed by atoms with Crippen LogP contribution in [0.3, 0.4) is 0 Å². The van der Waals surface area contributed by atoms with Gasteiger partial charge < -0.3 is 25.0 Å². The van der Waals surface area contributed by atoms with E-state index in [-0.39, 0.29) is 24.2 Å². The van der Waals surface area contributed by atoms with Crippen LogP contribution in [-0.4, -0.2) is 70.5 Å². The van der Waals surface area contributed by atoms with Gasteiger partial charge in [-0.2, -0.15) is 4.98 Å². The van der Waals surface area contributed by atoms with E-state index in [0.717, 1.165) is 49.1 Å². The lowest BCUT2D eigenvalue weighted by Gasteiger charge is -2.38. The van der Waals surface area contributed by atoms with Crippen molar-refractivity contribution < 1.29 is 9.47 Å². The Bertz CT molecular complexity index is 862.